The highest BCUT2D eigenvalue weighted by atomic mass is 35.5. The number of Topliss-reactive ketones (excluding diaryl/α,β-unsaturated/α-hetero) is 1. The molecule has 7 nitrogen and oxygen atoms in total. The smallest absolute Gasteiger partial charge is 0.294 e. The van der Waals surface area contributed by atoms with E-state index >= 15 is 0 Å². The maximum Gasteiger partial charge on any atom is 0.294 e. The van der Waals surface area contributed by atoms with Crippen molar-refractivity contribution in [1.29, 1.82) is 0 Å². The largest absolute Gasteiger partial charge is 0.346 e. The highest BCUT2D eigenvalue weighted by Gasteiger charge is 2.30. The minimum absolute atomic E-state index is 0.0254. The second kappa shape index (κ2) is 9.00. The van der Waals surface area contributed by atoms with E-state index in [0.717, 1.165) is 25.7 Å². The van der Waals surface area contributed by atoms with Crippen molar-refractivity contribution in [1.82, 2.24) is 14.9 Å². The lowest BCUT2D eigenvalue weighted by Gasteiger charge is -2.26. The Kier molecular flexibility index (Phi) is 6.61. The van der Waals surface area contributed by atoms with Crippen LogP contribution in [0.15, 0.2) is 18.5 Å². The summed E-state index contributed by atoms with van der Waals surface area (Å²) in [6, 6.07) is 1.61. The van der Waals surface area contributed by atoms with Gasteiger partial charge in [0.15, 0.2) is 0 Å². The number of nitrogens with one attached hydrogen (secondary N) is 2. The number of ketones is 1. The van der Waals surface area contributed by atoms with Crippen molar-refractivity contribution in [2.75, 3.05) is 5.32 Å². The van der Waals surface area contributed by atoms with Crippen molar-refractivity contribution in [3.8, 4) is 0 Å². The molecule has 0 bridgehead atoms. The van der Waals surface area contributed by atoms with E-state index < -0.39 is 11.7 Å². The standard InChI is InChI=1S/C22H27ClN4O3/c1-12-5-7-16(8-6-12)25-22(30)20(28)19-13(2)18(14(3)27(19)4)21(29)26-17-9-15(23)10-24-11-17/h9-12,16H,5-8H2,1-4H3,(H,25,30)(H,26,29). The summed E-state index contributed by atoms with van der Waals surface area (Å²) < 4.78 is 1.60. The summed E-state index contributed by atoms with van der Waals surface area (Å²) in [5, 5.41) is 6.02. The van der Waals surface area contributed by atoms with Gasteiger partial charge >= 0.3 is 0 Å². The number of hydrogen-bond acceptors (Lipinski definition) is 4. The lowest BCUT2D eigenvalue weighted by Crippen LogP contribution is -2.41. The second-order valence-electron chi connectivity index (χ2n) is 8.10. The fourth-order valence-corrected chi connectivity index (χ4v) is 4.24. The number of nitrogens with zero attached hydrogens (tertiary/aromatic N) is 2. The van der Waals surface area contributed by atoms with Crippen LogP contribution in [0.5, 0.6) is 0 Å². The van der Waals surface area contributed by atoms with Crippen LogP contribution in [0.3, 0.4) is 0 Å². The van der Waals surface area contributed by atoms with E-state index in [2.05, 4.69) is 22.5 Å². The Balaban J connectivity index is 1.80. The van der Waals surface area contributed by atoms with Crippen LogP contribution >= 0.6 is 11.6 Å². The molecular weight excluding hydrogens is 404 g/mol. The van der Waals surface area contributed by atoms with Crippen LogP contribution in [-0.4, -0.2) is 33.2 Å². The summed E-state index contributed by atoms with van der Waals surface area (Å²) in [4.78, 5) is 42.4. The minimum Gasteiger partial charge on any atom is -0.346 e. The van der Waals surface area contributed by atoms with Crippen molar-refractivity contribution >= 4 is 34.9 Å². The van der Waals surface area contributed by atoms with E-state index in [9.17, 15) is 14.4 Å². The number of halogens is 1. The Morgan fingerprint density at radius 2 is 1.80 bits per heavy atom. The average molecular weight is 431 g/mol. The third kappa shape index (κ3) is 4.56. The van der Waals surface area contributed by atoms with Gasteiger partial charge in [-0.3, -0.25) is 19.4 Å². The lowest BCUT2D eigenvalue weighted by atomic mass is 9.87. The van der Waals surface area contributed by atoms with E-state index in [-0.39, 0.29) is 17.6 Å². The number of aromatic nitrogens is 2. The fourth-order valence-electron chi connectivity index (χ4n) is 4.07. The number of carbonyl (C=O) groups excluding carboxylic acids is 3. The Bertz CT molecular complexity index is 991. The van der Waals surface area contributed by atoms with Crippen molar-refractivity contribution in [2.45, 2.75) is 52.5 Å². The number of amides is 2. The van der Waals surface area contributed by atoms with Gasteiger partial charge in [-0.05, 0) is 57.1 Å². The van der Waals surface area contributed by atoms with E-state index in [1.165, 1.54) is 12.4 Å². The summed E-state index contributed by atoms with van der Waals surface area (Å²) >= 11 is 5.92. The zero-order valence-electron chi connectivity index (χ0n) is 17.7. The molecule has 2 aromatic heterocycles. The maximum absolute atomic E-state index is 12.9. The molecule has 2 aromatic rings. The third-order valence-electron chi connectivity index (χ3n) is 5.89. The van der Waals surface area contributed by atoms with Gasteiger partial charge in [0, 0.05) is 25.0 Å². The molecule has 2 N–H and O–H groups in total. The SMILES string of the molecule is Cc1c(C(=O)Nc2cncc(Cl)c2)c(C)n(C)c1C(=O)C(=O)NC1CCC(C)CC1. The van der Waals surface area contributed by atoms with Gasteiger partial charge in [0.2, 0.25) is 0 Å². The Morgan fingerprint density at radius 3 is 2.43 bits per heavy atom. The van der Waals surface area contributed by atoms with Crippen LogP contribution < -0.4 is 10.6 Å². The molecule has 0 radical (unpaired) electrons. The molecule has 30 heavy (non-hydrogen) atoms. The molecule has 1 fully saturated rings. The van der Waals surface area contributed by atoms with Crippen LogP contribution in [0.4, 0.5) is 5.69 Å². The van der Waals surface area contributed by atoms with Gasteiger partial charge in [-0.15, -0.1) is 0 Å². The molecule has 0 atom stereocenters. The van der Waals surface area contributed by atoms with Crippen molar-refractivity contribution < 1.29 is 14.4 Å². The average Bonchev–Trinajstić information content (AvgIpc) is 2.91. The number of rotatable bonds is 5. The monoisotopic (exact) mass is 430 g/mol. The summed E-state index contributed by atoms with van der Waals surface area (Å²) in [7, 11) is 1.68. The zero-order valence-corrected chi connectivity index (χ0v) is 18.5. The van der Waals surface area contributed by atoms with Gasteiger partial charge in [-0.25, -0.2) is 0 Å². The minimum atomic E-state index is -0.625. The van der Waals surface area contributed by atoms with E-state index in [1.807, 2.05) is 0 Å². The quantitative estimate of drug-likeness (QED) is 0.557. The van der Waals surface area contributed by atoms with Crippen LogP contribution in [-0.2, 0) is 11.8 Å². The number of hydrogen-bond donors (Lipinski definition) is 2. The molecule has 8 heteroatoms. The molecular formula is C22H27ClN4O3. The first kappa shape index (κ1) is 22.0. The molecule has 2 heterocycles. The molecule has 1 aliphatic carbocycles. The van der Waals surface area contributed by atoms with Crippen molar-refractivity contribution in [3.05, 3.63) is 46.0 Å². The summed E-state index contributed by atoms with van der Waals surface area (Å²) in [5.41, 5.74) is 2.11. The number of pyridine rings is 1. The molecule has 0 unspecified atom stereocenters. The third-order valence-corrected chi connectivity index (χ3v) is 6.10. The van der Waals surface area contributed by atoms with Crippen LogP contribution in [0.2, 0.25) is 5.02 Å². The van der Waals surface area contributed by atoms with E-state index in [1.54, 1.807) is 31.5 Å². The first-order valence-electron chi connectivity index (χ1n) is 10.1. The molecule has 0 aromatic carbocycles. The van der Waals surface area contributed by atoms with Gasteiger partial charge in [0.1, 0.15) is 0 Å². The van der Waals surface area contributed by atoms with Gasteiger partial charge in [0.25, 0.3) is 17.6 Å². The van der Waals surface area contributed by atoms with Crippen molar-refractivity contribution in [2.24, 2.45) is 13.0 Å². The Labute approximate surface area is 181 Å². The summed E-state index contributed by atoms with van der Waals surface area (Å²) in [5.74, 6) is -0.975. The van der Waals surface area contributed by atoms with Crippen molar-refractivity contribution in [3.63, 3.8) is 0 Å². The maximum atomic E-state index is 12.9. The number of anilines is 1. The predicted octanol–water partition coefficient (Wildman–Crippen LogP) is 3.82. The zero-order chi connectivity index (χ0) is 22.0. The first-order chi connectivity index (χ1) is 14.2. The van der Waals surface area contributed by atoms with Crippen LogP contribution in [0, 0.1) is 19.8 Å². The highest BCUT2D eigenvalue weighted by molar-refractivity contribution is 6.43. The van der Waals surface area contributed by atoms with E-state index in [0.29, 0.717) is 33.4 Å². The van der Waals surface area contributed by atoms with Gasteiger partial charge in [0.05, 0.1) is 28.2 Å². The van der Waals surface area contributed by atoms with Gasteiger partial charge in [-0.2, -0.15) is 0 Å². The summed E-state index contributed by atoms with van der Waals surface area (Å²) in [6.45, 7) is 5.63. The van der Waals surface area contributed by atoms with Crippen LogP contribution in [0.25, 0.3) is 0 Å². The van der Waals surface area contributed by atoms with Gasteiger partial charge in [-0.1, -0.05) is 18.5 Å². The topological polar surface area (TPSA) is 93.1 Å². The molecule has 1 saturated carbocycles. The molecule has 0 spiro atoms. The molecule has 2 amide bonds. The number of carbonyl (C=O) groups is 3. The highest BCUT2D eigenvalue weighted by Crippen LogP contribution is 2.25. The molecule has 0 aliphatic heterocycles. The molecule has 1 aliphatic rings. The van der Waals surface area contributed by atoms with E-state index in [4.69, 9.17) is 11.6 Å². The molecule has 3 rings (SSSR count). The Hall–Kier alpha value is -2.67. The molecule has 160 valence electrons. The van der Waals surface area contributed by atoms with Gasteiger partial charge < -0.3 is 15.2 Å². The van der Waals surface area contributed by atoms with Crippen LogP contribution in [0.1, 0.15) is 64.7 Å². The second-order valence-corrected chi connectivity index (χ2v) is 8.53. The fraction of sp³-hybridized carbons (Fsp3) is 0.455. The molecule has 0 saturated heterocycles. The lowest BCUT2D eigenvalue weighted by molar-refractivity contribution is -0.118. The summed E-state index contributed by atoms with van der Waals surface area (Å²) in [6.07, 6.45) is 6.81. The first-order valence-corrected chi connectivity index (χ1v) is 10.5. The normalized spacial score (nSPS) is 18.7. The predicted molar refractivity (Wildman–Crippen MR) is 116 cm³/mol. The Morgan fingerprint density at radius 1 is 1.13 bits per heavy atom.